The fourth-order valence-corrected chi connectivity index (χ4v) is 2.64. The second-order valence-electron chi connectivity index (χ2n) is 4.86. The Kier molecular flexibility index (Phi) is 3.11. The number of nitrogens with two attached hydrogens (primary N) is 1. The number of benzene rings is 1. The van der Waals surface area contributed by atoms with E-state index in [1.807, 2.05) is 0 Å². The molecule has 4 nitrogen and oxygen atoms in total. The summed E-state index contributed by atoms with van der Waals surface area (Å²) in [6.45, 7) is 0.640. The molecule has 0 bridgehead atoms. The topological polar surface area (TPSA) is 56.7 Å². The maximum Gasteiger partial charge on any atom is 0.239 e. The lowest BCUT2D eigenvalue weighted by molar-refractivity contribution is 0.435. The third-order valence-corrected chi connectivity index (χ3v) is 3.58. The number of nitrogens with zero attached hydrogens (tertiary/aromatic N) is 3. The van der Waals surface area contributed by atoms with Crippen LogP contribution in [0.2, 0.25) is 0 Å². The fraction of sp³-hybridized carbons (Fsp3) is 0.385. The van der Waals surface area contributed by atoms with Crippen molar-refractivity contribution >= 4 is 5.95 Å². The van der Waals surface area contributed by atoms with E-state index in [1.165, 1.54) is 6.07 Å². The number of fused-ring (bicyclic) bond motifs is 1. The highest BCUT2D eigenvalue weighted by atomic mass is 19.2. The summed E-state index contributed by atoms with van der Waals surface area (Å²) in [6, 6.07) is 2.20. The summed E-state index contributed by atoms with van der Waals surface area (Å²) in [5.41, 5.74) is 5.67. The standard InChI is InChI=1S/C13H13F3N4/c14-9-5-4-7(10(15)11(9)16)8-3-1-2-6-20-12(8)18-13(17)19-20/h4-5,8H,1-3,6H2,(H2,17,19). The molecule has 20 heavy (non-hydrogen) atoms. The highest BCUT2D eigenvalue weighted by Crippen LogP contribution is 2.34. The average Bonchev–Trinajstić information content (AvgIpc) is 2.68. The zero-order valence-electron chi connectivity index (χ0n) is 10.6. The number of aryl methyl sites for hydroxylation is 1. The summed E-state index contributed by atoms with van der Waals surface area (Å²) >= 11 is 0. The van der Waals surface area contributed by atoms with Gasteiger partial charge in [-0.1, -0.05) is 12.5 Å². The Morgan fingerprint density at radius 3 is 2.75 bits per heavy atom. The van der Waals surface area contributed by atoms with E-state index in [0.29, 0.717) is 18.8 Å². The van der Waals surface area contributed by atoms with Crippen molar-refractivity contribution in [3.63, 3.8) is 0 Å². The summed E-state index contributed by atoms with van der Waals surface area (Å²) in [6.07, 6.45) is 2.28. The molecule has 0 saturated heterocycles. The van der Waals surface area contributed by atoms with Crippen molar-refractivity contribution in [2.45, 2.75) is 31.7 Å². The second-order valence-corrected chi connectivity index (χ2v) is 4.86. The molecule has 1 aromatic carbocycles. The Hall–Kier alpha value is -2.05. The summed E-state index contributed by atoms with van der Waals surface area (Å²) in [4.78, 5) is 4.11. The van der Waals surface area contributed by atoms with Crippen LogP contribution < -0.4 is 5.73 Å². The number of anilines is 1. The van der Waals surface area contributed by atoms with Crippen molar-refractivity contribution in [1.29, 1.82) is 0 Å². The normalized spacial score (nSPS) is 18.6. The molecule has 1 unspecified atom stereocenters. The van der Waals surface area contributed by atoms with Crippen LogP contribution in [0.5, 0.6) is 0 Å². The first-order chi connectivity index (χ1) is 9.58. The summed E-state index contributed by atoms with van der Waals surface area (Å²) in [5.74, 6) is -3.66. The first kappa shape index (κ1) is 13.0. The van der Waals surface area contributed by atoms with Gasteiger partial charge in [0.05, 0.1) is 0 Å². The van der Waals surface area contributed by atoms with Gasteiger partial charge in [-0.3, -0.25) is 0 Å². The van der Waals surface area contributed by atoms with Crippen molar-refractivity contribution in [3.05, 3.63) is 41.0 Å². The van der Waals surface area contributed by atoms with Crippen molar-refractivity contribution in [1.82, 2.24) is 14.8 Å². The SMILES string of the molecule is Nc1nc2n(n1)CCCCC2c1ccc(F)c(F)c1F. The van der Waals surface area contributed by atoms with Crippen LogP contribution in [0.4, 0.5) is 19.1 Å². The smallest absolute Gasteiger partial charge is 0.239 e. The van der Waals surface area contributed by atoms with Gasteiger partial charge in [-0.15, -0.1) is 5.10 Å². The minimum Gasteiger partial charge on any atom is -0.366 e. The van der Waals surface area contributed by atoms with E-state index in [9.17, 15) is 13.2 Å². The van der Waals surface area contributed by atoms with Crippen LogP contribution in [-0.2, 0) is 6.54 Å². The molecule has 2 N–H and O–H groups in total. The number of halogens is 3. The minimum atomic E-state index is -1.45. The van der Waals surface area contributed by atoms with E-state index in [4.69, 9.17) is 5.73 Å². The van der Waals surface area contributed by atoms with Gasteiger partial charge in [0.2, 0.25) is 5.95 Å². The second kappa shape index (κ2) is 4.81. The number of hydrogen-bond acceptors (Lipinski definition) is 3. The Morgan fingerprint density at radius 1 is 1.15 bits per heavy atom. The largest absolute Gasteiger partial charge is 0.366 e. The van der Waals surface area contributed by atoms with E-state index in [1.54, 1.807) is 4.68 Å². The molecule has 2 heterocycles. The van der Waals surface area contributed by atoms with E-state index in [2.05, 4.69) is 10.1 Å². The monoisotopic (exact) mass is 282 g/mol. The molecule has 0 saturated carbocycles. The van der Waals surface area contributed by atoms with Crippen LogP contribution >= 0.6 is 0 Å². The van der Waals surface area contributed by atoms with Crippen LogP contribution in [0.3, 0.4) is 0 Å². The molecule has 2 aromatic rings. The van der Waals surface area contributed by atoms with Gasteiger partial charge in [-0.25, -0.2) is 17.9 Å². The van der Waals surface area contributed by atoms with E-state index >= 15 is 0 Å². The van der Waals surface area contributed by atoms with Crippen molar-refractivity contribution in [2.24, 2.45) is 0 Å². The highest BCUT2D eigenvalue weighted by molar-refractivity contribution is 5.31. The van der Waals surface area contributed by atoms with Crippen molar-refractivity contribution in [3.8, 4) is 0 Å². The van der Waals surface area contributed by atoms with Gasteiger partial charge in [0, 0.05) is 18.0 Å². The number of nitrogen functional groups attached to an aromatic ring is 1. The molecule has 1 aromatic heterocycles. The molecule has 1 aliphatic heterocycles. The molecule has 0 fully saturated rings. The maximum absolute atomic E-state index is 14.0. The average molecular weight is 282 g/mol. The molecule has 3 rings (SSSR count). The van der Waals surface area contributed by atoms with E-state index in [-0.39, 0.29) is 11.5 Å². The van der Waals surface area contributed by atoms with Crippen LogP contribution in [0.1, 0.15) is 36.6 Å². The summed E-state index contributed by atoms with van der Waals surface area (Å²) < 4.78 is 42.0. The zero-order valence-corrected chi connectivity index (χ0v) is 10.6. The molecule has 106 valence electrons. The van der Waals surface area contributed by atoms with Crippen LogP contribution in [0.15, 0.2) is 12.1 Å². The number of hydrogen-bond donors (Lipinski definition) is 1. The first-order valence-electron chi connectivity index (χ1n) is 6.41. The first-order valence-corrected chi connectivity index (χ1v) is 6.41. The Labute approximate surface area is 113 Å². The van der Waals surface area contributed by atoms with Gasteiger partial charge < -0.3 is 5.73 Å². The van der Waals surface area contributed by atoms with Gasteiger partial charge in [0.25, 0.3) is 0 Å². The third-order valence-electron chi connectivity index (χ3n) is 3.58. The van der Waals surface area contributed by atoms with Crippen molar-refractivity contribution < 1.29 is 13.2 Å². The molecular formula is C13H13F3N4. The molecular weight excluding hydrogens is 269 g/mol. The molecule has 1 aliphatic rings. The lowest BCUT2D eigenvalue weighted by Crippen LogP contribution is -2.11. The van der Waals surface area contributed by atoms with Crippen LogP contribution in [-0.4, -0.2) is 14.8 Å². The van der Waals surface area contributed by atoms with E-state index < -0.39 is 23.4 Å². The number of rotatable bonds is 1. The quantitative estimate of drug-likeness (QED) is 0.818. The Balaban J connectivity index is 2.12. The van der Waals surface area contributed by atoms with E-state index in [0.717, 1.165) is 18.9 Å². The van der Waals surface area contributed by atoms with Crippen LogP contribution in [0, 0.1) is 17.5 Å². The predicted octanol–water partition coefficient (Wildman–Crippen LogP) is 2.59. The Bertz CT molecular complexity index is 653. The molecule has 0 radical (unpaired) electrons. The van der Waals surface area contributed by atoms with Gasteiger partial charge in [0.1, 0.15) is 5.82 Å². The molecule has 0 aliphatic carbocycles. The predicted molar refractivity (Wildman–Crippen MR) is 66.4 cm³/mol. The number of aromatic nitrogens is 3. The molecule has 1 atom stereocenters. The van der Waals surface area contributed by atoms with Gasteiger partial charge in [-0.2, -0.15) is 4.98 Å². The third kappa shape index (κ3) is 2.03. The minimum absolute atomic E-state index is 0.0967. The van der Waals surface area contributed by atoms with Gasteiger partial charge >= 0.3 is 0 Å². The fourth-order valence-electron chi connectivity index (χ4n) is 2.64. The summed E-state index contributed by atoms with van der Waals surface area (Å²) in [5, 5.41) is 4.05. The van der Waals surface area contributed by atoms with Crippen molar-refractivity contribution in [2.75, 3.05) is 5.73 Å². The Morgan fingerprint density at radius 2 is 1.95 bits per heavy atom. The maximum atomic E-state index is 14.0. The highest BCUT2D eigenvalue weighted by Gasteiger charge is 2.28. The van der Waals surface area contributed by atoms with Gasteiger partial charge in [-0.05, 0) is 18.9 Å². The molecule has 0 spiro atoms. The summed E-state index contributed by atoms with van der Waals surface area (Å²) in [7, 11) is 0. The molecule has 0 amide bonds. The van der Waals surface area contributed by atoms with Gasteiger partial charge in [0.15, 0.2) is 17.5 Å². The molecule has 7 heteroatoms. The zero-order chi connectivity index (χ0) is 14.3. The van der Waals surface area contributed by atoms with Crippen LogP contribution in [0.25, 0.3) is 0 Å². The lowest BCUT2D eigenvalue weighted by atomic mass is 9.93. The lowest BCUT2D eigenvalue weighted by Gasteiger charge is -2.15.